The number of nitrogens with zero attached hydrogens (tertiary/aromatic N) is 1. The van der Waals surface area contributed by atoms with Crippen LogP contribution in [0.1, 0.15) is 13.3 Å². The second kappa shape index (κ2) is 8.35. The summed E-state index contributed by atoms with van der Waals surface area (Å²) >= 11 is 0. The molecule has 0 bridgehead atoms. The number of ether oxygens (including phenoxy) is 2. The van der Waals surface area contributed by atoms with Gasteiger partial charge in [0, 0.05) is 19.1 Å². The number of hydrogen-bond donors (Lipinski definition) is 1. The first-order chi connectivity index (χ1) is 9.24. The van der Waals surface area contributed by atoms with E-state index in [4.69, 9.17) is 15.2 Å². The molecular formula is C15H25ClN2O2. The van der Waals surface area contributed by atoms with E-state index in [1.807, 2.05) is 24.3 Å². The topological polar surface area (TPSA) is 47.7 Å². The van der Waals surface area contributed by atoms with Crippen LogP contribution in [0, 0.1) is 5.92 Å². The van der Waals surface area contributed by atoms with E-state index in [-0.39, 0.29) is 12.4 Å². The molecule has 0 saturated carbocycles. The van der Waals surface area contributed by atoms with Crippen molar-refractivity contribution in [2.24, 2.45) is 11.7 Å². The maximum atomic E-state index is 5.81. The van der Waals surface area contributed by atoms with Crippen LogP contribution in [0.3, 0.4) is 0 Å². The molecule has 1 aromatic rings. The quantitative estimate of drug-likeness (QED) is 0.875. The SMILES string of the molecule is COc1ccccc1OCCN1CC(CN)CC1C.Cl. The Kier molecular flexibility index (Phi) is 7.13. The summed E-state index contributed by atoms with van der Waals surface area (Å²) in [5, 5.41) is 0. The lowest BCUT2D eigenvalue weighted by molar-refractivity contribution is 0.198. The number of halogens is 1. The number of nitrogens with two attached hydrogens (primary N) is 1. The minimum Gasteiger partial charge on any atom is -0.493 e. The van der Waals surface area contributed by atoms with Gasteiger partial charge in [0.25, 0.3) is 0 Å². The van der Waals surface area contributed by atoms with Crippen LogP contribution in [0.2, 0.25) is 0 Å². The lowest BCUT2D eigenvalue weighted by atomic mass is 10.1. The van der Waals surface area contributed by atoms with Crippen LogP contribution < -0.4 is 15.2 Å². The summed E-state index contributed by atoms with van der Waals surface area (Å²) < 4.78 is 11.1. The van der Waals surface area contributed by atoms with Gasteiger partial charge in [0.1, 0.15) is 6.61 Å². The van der Waals surface area contributed by atoms with Crippen molar-refractivity contribution in [3.63, 3.8) is 0 Å². The molecule has 20 heavy (non-hydrogen) atoms. The molecule has 1 aliphatic rings. The van der Waals surface area contributed by atoms with E-state index in [9.17, 15) is 0 Å². The smallest absolute Gasteiger partial charge is 0.161 e. The highest BCUT2D eigenvalue weighted by Gasteiger charge is 2.27. The van der Waals surface area contributed by atoms with Gasteiger partial charge in [-0.2, -0.15) is 0 Å². The zero-order valence-electron chi connectivity index (χ0n) is 12.2. The third-order valence-electron chi connectivity index (χ3n) is 3.83. The maximum Gasteiger partial charge on any atom is 0.161 e. The second-order valence-corrected chi connectivity index (χ2v) is 5.18. The second-order valence-electron chi connectivity index (χ2n) is 5.18. The highest BCUT2D eigenvalue weighted by Crippen LogP contribution is 2.26. The molecule has 0 aromatic heterocycles. The van der Waals surface area contributed by atoms with Crippen molar-refractivity contribution in [3.8, 4) is 11.5 Å². The monoisotopic (exact) mass is 300 g/mol. The van der Waals surface area contributed by atoms with Crippen LogP contribution in [-0.4, -0.2) is 44.3 Å². The first-order valence-corrected chi connectivity index (χ1v) is 6.94. The van der Waals surface area contributed by atoms with Gasteiger partial charge < -0.3 is 15.2 Å². The molecule has 4 nitrogen and oxygen atoms in total. The number of methoxy groups -OCH3 is 1. The molecule has 5 heteroatoms. The van der Waals surface area contributed by atoms with E-state index in [0.717, 1.165) is 31.1 Å². The first-order valence-electron chi connectivity index (χ1n) is 6.94. The Balaban J connectivity index is 0.00000200. The maximum absolute atomic E-state index is 5.81. The molecule has 1 aromatic carbocycles. The molecule has 2 rings (SSSR count). The van der Waals surface area contributed by atoms with Gasteiger partial charge in [-0.3, -0.25) is 4.90 Å². The highest BCUT2D eigenvalue weighted by atomic mass is 35.5. The van der Waals surface area contributed by atoms with Crippen molar-refractivity contribution in [1.82, 2.24) is 4.90 Å². The van der Waals surface area contributed by atoms with Gasteiger partial charge in [-0.1, -0.05) is 12.1 Å². The van der Waals surface area contributed by atoms with Crippen LogP contribution in [0.5, 0.6) is 11.5 Å². The molecule has 0 amide bonds. The lowest BCUT2D eigenvalue weighted by Crippen LogP contribution is -2.32. The predicted octanol–water partition coefficient (Wildman–Crippen LogP) is 2.16. The number of benzene rings is 1. The van der Waals surface area contributed by atoms with E-state index >= 15 is 0 Å². The standard InChI is InChI=1S/C15H24N2O2.ClH/c1-12-9-13(10-16)11-17(12)7-8-19-15-6-4-3-5-14(15)18-2;/h3-6,12-13H,7-11,16H2,1-2H3;1H. The summed E-state index contributed by atoms with van der Waals surface area (Å²) in [6.45, 7) is 5.76. The van der Waals surface area contributed by atoms with Crippen LogP contribution >= 0.6 is 12.4 Å². The van der Waals surface area contributed by atoms with Crippen molar-refractivity contribution in [1.29, 1.82) is 0 Å². The van der Waals surface area contributed by atoms with E-state index in [1.54, 1.807) is 7.11 Å². The summed E-state index contributed by atoms with van der Waals surface area (Å²) in [7, 11) is 1.66. The van der Waals surface area contributed by atoms with Crippen LogP contribution in [-0.2, 0) is 0 Å². The molecular weight excluding hydrogens is 276 g/mol. The minimum absolute atomic E-state index is 0. The normalized spacial score (nSPS) is 22.4. The van der Waals surface area contributed by atoms with E-state index in [0.29, 0.717) is 18.6 Å². The molecule has 114 valence electrons. The van der Waals surface area contributed by atoms with Gasteiger partial charge in [0.15, 0.2) is 11.5 Å². The van der Waals surface area contributed by atoms with E-state index in [2.05, 4.69) is 11.8 Å². The van der Waals surface area contributed by atoms with Gasteiger partial charge >= 0.3 is 0 Å². The number of para-hydroxylation sites is 2. The van der Waals surface area contributed by atoms with Crippen molar-refractivity contribution in [2.45, 2.75) is 19.4 Å². The van der Waals surface area contributed by atoms with Crippen molar-refractivity contribution >= 4 is 12.4 Å². The first kappa shape index (κ1) is 17.1. The number of rotatable bonds is 6. The van der Waals surface area contributed by atoms with Crippen LogP contribution in [0.25, 0.3) is 0 Å². The lowest BCUT2D eigenvalue weighted by Gasteiger charge is -2.21. The molecule has 0 radical (unpaired) electrons. The molecule has 1 fully saturated rings. The Morgan fingerprint density at radius 1 is 1.30 bits per heavy atom. The zero-order chi connectivity index (χ0) is 13.7. The molecule has 2 unspecified atom stereocenters. The Morgan fingerprint density at radius 3 is 2.60 bits per heavy atom. The van der Waals surface area contributed by atoms with Gasteiger partial charge in [0.2, 0.25) is 0 Å². The third kappa shape index (κ3) is 4.27. The van der Waals surface area contributed by atoms with Crippen molar-refractivity contribution in [2.75, 3.05) is 33.4 Å². The Hall–Kier alpha value is -0.970. The molecule has 1 aliphatic heterocycles. The minimum atomic E-state index is 0. The average Bonchev–Trinajstić information content (AvgIpc) is 2.80. The highest BCUT2D eigenvalue weighted by molar-refractivity contribution is 5.85. The largest absolute Gasteiger partial charge is 0.493 e. The van der Waals surface area contributed by atoms with Crippen molar-refractivity contribution < 1.29 is 9.47 Å². The van der Waals surface area contributed by atoms with Gasteiger partial charge in [0.05, 0.1) is 7.11 Å². The van der Waals surface area contributed by atoms with Gasteiger partial charge in [-0.15, -0.1) is 12.4 Å². The van der Waals surface area contributed by atoms with Gasteiger partial charge in [-0.05, 0) is 37.9 Å². The zero-order valence-corrected chi connectivity index (χ0v) is 13.1. The summed E-state index contributed by atoms with van der Waals surface area (Å²) in [5.41, 5.74) is 5.74. The number of likely N-dealkylation sites (tertiary alicyclic amines) is 1. The van der Waals surface area contributed by atoms with E-state index in [1.165, 1.54) is 6.42 Å². The summed E-state index contributed by atoms with van der Waals surface area (Å²) in [6, 6.07) is 8.36. The van der Waals surface area contributed by atoms with E-state index < -0.39 is 0 Å². The summed E-state index contributed by atoms with van der Waals surface area (Å²) in [4.78, 5) is 2.45. The summed E-state index contributed by atoms with van der Waals surface area (Å²) in [6.07, 6.45) is 1.20. The summed E-state index contributed by atoms with van der Waals surface area (Å²) in [5.74, 6) is 2.24. The molecule has 0 spiro atoms. The van der Waals surface area contributed by atoms with Crippen LogP contribution in [0.15, 0.2) is 24.3 Å². The molecule has 1 heterocycles. The van der Waals surface area contributed by atoms with Crippen LogP contribution in [0.4, 0.5) is 0 Å². The third-order valence-corrected chi connectivity index (χ3v) is 3.83. The Labute approximate surface area is 127 Å². The Morgan fingerprint density at radius 2 is 2.00 bits per heavy atom. The molecule has 2 atom stereocenters. The Bertz CT molecular complexity index is 403. The molecule has 2 N–H and O–H groups in total. The fourth-order valence-corrected chi connectivity index (χ4v) is 2.71. The van der Waals surface area contributed by atoms with Gasteiger partial charge in [-0.25, -0.2) is 0 Å². The fraction of sp³-hybridized carbons (Fsp3) is 0.600. The number of hydrogen-bond acceptors (Lipinski definition) is 4. The molecule has 1 saturated heterocycles. The fourth-order valence-electron chi connectivity index (χ4n) is 2.71. The predicted molar refractivity (Wildman–Crippen MR) is 83.9 cm³/mol. The van der Waals surface area contributed by atoms with Crippen molar-refractivity contribution in [3.05, 3.63) is 24.3 Å². The molecule has 0 aliphatic carbocycles. The average molecular weight is 301 g/mol.